The predicted octanol–water partition coefficient (Wildman–Crippen LogP) is 1.71. The summed E-state index contributed by atoms with van der Waals surface area (Å²) in [6.45, 7) is 7.03. The molecule has 0 radical (unpaired) electrons. The Bertz CT molecular complexity index is 245. The van der Waals surface area contributed by atoms with Crippen LogP contribution in [0.2, 0.25) is 0 Å². The van der Waals surface area contributed by atoms with E-state index in [-0.39, 0.29) is 11.7 Å². The van der Waals surface area contributed by atoms with Crippen LogP contribution < -0.4 is 0 Å². The molecule has 0 saturated heterocycles. The van der Waals surface area contributed by atoms with E-state index in [1.165, 1.54) is 0 Å². The highest BCUT2D eigenvalue weighted by Gasteiger charge is 2.27. The van der Waals surface area contributed by atoms with Crippen molar-refractivity contribution in [3.63, 3.8) is 0 Å². The summed E-state index contributed by atoms with van der Waals surface area (Å²) in [5, 5.41) is 9.34. The third-order valence-electron chi connectivity index (χ3n) is 2.61. The second-order valence-electron chi connectivity index (χ2n) is 3.77. The topological polar surface area (TPSA) is 40.5 Å². The summed E-state index contributed by atoms with van der Waals surface area (Å²) < 4.78 is 0. The van der Waals surface area contributed by atoms with Crippen molar-refractivity contribution in [2.75, 3.05) is 13.1 Å². The van der Waals surface area contributed by atoms with Gasteiger partial charge >= 0.3 is 0 Å². The first-order valence-electron chi connectivity index (χ1n) is 4.74. The molecule has 0 aromatic heterocycles. The zero-order valence-electron chi connectivity index (χ0n) is 8.50. The highest BCUT2D eigenvalue weighted by atomic mass is 16.3. The van der Waals surface area contributed by atoms with Gasteiger partial charge in [0.15, 0.2) is 0 Å². The molecular weight excluding hydrogens is 166 g/mol. The fourth-order valence-corrected chi connectivity index (χ4v) is 1.38. The molecule has 74 valence electrons. The maximum atomic E-state index is 11.5. The van der Waals surface area contributed by atoms with Crippen LogP contribution in [-0.4, -0.2) is 29.0 Å². The van der Waals surface area contributed by atoms with Gasteiger partial charge in [0.05, 0.1) is 12.1 Å². The fraction of sp³-hybridized carbons (Fsp3) is 0.700. The Balaban J connectivity index is 2.55. The number of carbonyl (C=O) groups excluding carboxylic acids is 1. The number of rotatable bonds is 3. The summed E-state index contributed by atoms with van der Waals surface area (Å²) in [7, 11) is 0. The molecule has 0 aliphatic carbocycles. The summed E-state index contributed by atoms with van der Waals surface area (Å²) in [5.74, 6) is 0.716. The molecule has 1 N–H and O–H groups in total. The van der Waals surface area contributed by atoms with E-state index >= 15 is 0 Å². The van der Waals surface area contributed by atoms with Crippen molar-refractivity contribution < 1.29 is 9.90 Å². The van der Waals surface area contributed by atoms with Crippen LogP contribution in [0.5, 0.6) is 0 Å². The highest BCUT2D eigenvalue weighted by Crippen LogP contribution is 2.18. The molecule has 0 saturated carbocycles. The summed E-state index contributed by atoms with van der Waals surface area (Å²) in [4.78, 5) is 13.2. The smallest absolute Gasteiger partial charge is 0.253 e. The van der Waals surface area contributed by atoms with Gasteiger partial charge in [-0.25, -0.2) is 0 Å². The van der Waals surface area contributed by atoms with E-state index in [4.69, 9.17) is 0 Å². The summed E-state index contributed by atoms with van der Waals surface area (Å²) >= 11 is 0. The number of hydrogen-bond donors (Lipinski definition) is 1. The number of carbonyl (C=O) groups is 1. The van der Waals surface area contributed by atoms with Crippen LogP contribution in [0.4, 0.5) is 0 Å². The average molecular weight is 183 g/mol. The van der Waals surface area contributed by atoms with E-state index in [0.717, 1.165) is 13.0 Å². The Morgan fingerprint density at radius 3 is 2.62 bits per heavy atom. The van der Waals surface area contributed by atoms with Crippen molar-refractivity contribution in [1.82, 2.24) is 4.90 Å². The Kier molecular flexibility index (Phi) is 2.96. The van der Waals surface area contributed by atoms with Gasteiger partial charge in [-0.15, -0.1) is 0 Å². The van der Waals surface area contributed by atoms with Gasteiger partial charge in [-0.05, 0) is 12.8 Å². The number of nitrogens with zero attached hydrogens (tertiary/aromatic N) is 1. The van der Waals surface area contributed by atoms with Crippen LogP contribution in [0.25, 0.3) is 0 Å². The van der Waals surface area contributed by atoms with E-state index in [0.29, 0.717) is 18.0 Å². The van der Waals surface area contributed by atoms with Crippen molar-refractivity contribution >= 4 is 5.91 Å². The van der Waals surface area contributed by atoms with Gasteiger partial charge in [0, 0.05) is 6.54 Å². The van der Waals surface area contributed by atoms with E-state index in [9.17, 15) is 9.90 Å². The van der Waals surface area contributed by atoms with Gasteiger partial charge in [-0.1, -0.05) is 20.3 Å². The molecule has 0 bridgehead atoms. The molecule has 0 spiro atoms. The first-order valence-corrected chi connectivity index (χ1v) is 4.74. The largest absolute Gasteiger partial charge is 0.510 e. The molecule has 1 atom stereocenters. The first kappa shape index (κ1) is 10.1. The van der Waals surface area contributed by atoms with Crippen molar-refractivity contribution in [3.8, 4) is 0 Å². The number of aliphatic hydroxyl groups excluding tert-OH is 1. The second kappa shape index (κ2) is 3.81. The van der Waals surface area contributed by atoms with Crippen LogP contribution in [-0.2, 0) is 4.79 Å². The van der Waals surface area contributed by atoms with Crippen LogP contribution in [0.3, 0.4) is 0 Å². The summed E-state index contributed by atoms with van der Waals surface area (Å²) in [6, 6.07) is 0. The minimum Gasteiger partial charge on any atom is -0.510 e. The number of hydrogen-bond acceptors (Lipinski definition) is 2. The summed E-state index contributed by atoms with van der Waals surface area (Å²) in [5.41, 5.74) is 0.503. The molecule has 1 aliphatic rings. The lowest BCUT2D eigenvalue weighted by atomic mass is 10.1. The fourth-order valence-electron chi connectivity index (χ4n) is 1.38. The van der Waals surface area contributed by atoms with Crippen molar-refractivity contribution in [2.24, 2.45) is 5.92 Å². The van der Waals surface area contributed by atoms with Crippen molar-refractivity contribution in [2.45, 2.75) is 27.2 Å². The molecule has 1 rings (SSSR count). The molecule has 1 heterocycles. The molecule has 0 aromatic carbocycles. The molecule has 0 aromatic rings. The normalized spacial score (nSPS) is 19.9. The van der Waals surface area contributed by atoms with E-state index in [1.54, 1.807) is 11.8 Å². The molecule has 13 heavy (non-hydrogen) atoms. The van der Waals surface area contributed by atoms with E-state index < -0.39 is 0 Å². The molecule has 1 amide bonds. The third-order valence-corrected chi connectivity index (χ3v) is 2.61. The van der Waals surface area contributed by atoms with Crippen molar-refractivity contribution in [1.29, 1.82) is 0 Å². The average Bonchev–Trinajstić information content (AvgIpc) is 2.34. The SMILES string of the molecule is CC[C@@H](C)CN1CC(O)=C(C)C1=O. The van der Waals surface area contributed by atoms with Crippen LogP contribution >= 0.6 is 0 Å². The maximum absolute atomic E-state index is 11.5. The van der Waals surface area contributed by atoms with Crippen molar-refractivity contribution in [3.05, 3.63) is 11.3 Å². The van der Waals surface area contributed by atoms with Gasteiger partial charge in [-0.3, -0.25) is 4.79 Å². The maximum Gasteiger partial charge on any atom is 0.253 e. The Morgan fingerprint density at radius 2 is 2.23 bits per heavy atom. The quantitative estimate of drug-likeness (QED) is 0.723. The highest BCUT2D eigenvalue weighted by molar-refractivity contribution is 5.95. The standard InChI is InChI=1S/C10H17NO2/c1-4-7(2)5-11-6-9(12)8(3)10(11)13/h7,12H,4-6H2,1-3H3/t7-/m1/s1. The van der Waals surface area contributed by atoms with Gasteiger partial charge in [0.1, 0.15) is 5.76 Å². The number of aliphatic hydroxyl groups is 1. The zero-order valence-corrected chi connectivity index (χ0v) is 8.50. The minimum atomic E-state index is -0.0159. The lowest BCUT2D eigenvalue weighted by Crippen LogP contribution is -2.31. The summed E-state index contributed by atoms with van der Waals surface area (Å²) in [6.07, 6.45) is 1.06. The monoisotopic (exact) mass is 183 g/mol. The Hall–Kier alpha value is -0.990. The number of amides is 1. The van der Waals surface area contributed by atoms with Gasteiger partial charge in [0.25, 0.3) is 5.91 Å². The van der Waals surface area contributed by atoms with Crippen LogP contribution in [0, 0.1) is 5.92 Å². The van der Waals surface area contributed by atoms with E-state index in [2.05, 4.69) is 13.8 Å². The van der Waals surface area contributed by atoms with Gasteiger partial charge in [0.2, 0.25) is 0 Å². The van der Waals surface area contributed by atoms with Crippen LogP contribution in [0.15, 0.2) is 11.3 Å². The van der Waals surface area contributed by atoms with E-state index in [1.807, 2.05) is 0 Å². The van der Waals surface area contributed by atoms with Gasteiger partial charge in [-0.2, -0.15) is 0 Å². The molecule has 0 fully saturated rings. The van der Waals surface area contributed by atoms with Gasteiger partial charge < -0.3 is 10.0 Å². The van der Waals surface area contributed by atoms with Crippen LogP contribution in [0.1, 0.15) is 27.2 Å². The first-order chi connectivity index (χ1) is 6.06. The lowest BCUT2D eigenvalue weighted by Gasteiger charge is -2.19. The minimum absolute atomic E-state index is 0.0159. The molecule has 3 heteroatoms. The second-order valence-corrected chi connectivity index (χ2v) is 3.77. The third kappa shape index (κ3) is 2.02. The Morgan fingerprint density at radius 1 is 1.62 bits per heavy atom. The lowest BCUT2D eigenvalue weighted by molar-refractivity contribution is -0.126. The molecule has 0 unspecified atom stereocenters. The molecular formula is C10H17NO2. The molecule has 3 nitrogen and oxygen atoms in total. The Labute approximate surface area is 79.0 Å². The zero-order chi connectivity index (χ0) is 10.0. The predicted molar refractivity (Wildman–Crippen MR) is 51.4 cm³/mol. The molecule has 1 aliphatic heterocycles.